The van der Waals surface area contributed by atoms with Crippen LogP contribution in [0.3, 0.4) is 0 Å². The number of anilines is 1. The number of imidazole rings is 1. The molecule has 1 atom stereocenters. The second-order valence-corrected chi connectivity index (χ2v) is 4.59. The van der Waals surface area contributed by atoms with Crippen molar-refractivity contribution in [3.63, 3.8) is 0 Å². The molecule has 0 amide bonds. The van der Waals surface area contributed by atoms with Crippen molar-refractivity contribution in [2.24, 2.45) is 7.05 Å². The van der Waals surface area contributed by atoms with Crippen molar-refractivity contribution < 1.29 is 0 Å². The molecule has 0 saturated carbocycles. The Hall–Kier alpha value is -1.77. The first-order valence-electron chi connectivity index (χ1n) is 5.89. The highest BCUT2D eigenvalue weighted by atomic mass is 15.2. The van der Waals surface area contributed by atoms with E-state index in [1.54, 1.807) is 0 Å². The first-order chi connectivity index (χ1) is 8.06. The van der Waals surface area contributed by atoms with Gasteiger partial charge in [-0.1, -0.05) is 29.8 Å². The lowest BCUT2D eigenvalue weighted by Gasteiger charge is -2.15. The molecule has 0 spiro atoms. The molecule has 0 bridgehead atoms. The summed E-state index contributed by atoms with van der Waals surface area (Å²) < 4.78 is 2.01. The molecule has 3 heteroatoms. The van der Waals surface area contributed by atoms with E-state index in [-0.39, 0.29) is 6.04 Å². The fraction of sp³-hybridized carbons (Fsp3) is 0.357. The summed E-state index contributed by atoms with van der Waals surface area (Å²) in [6, 6.07) is 8.84. The highest BCUT2D eigenvalue weighted by Crippen LogP contribution is 2.18. The van der Waals surface area contributed by atoms with E-state index in [4.69, 9.17) is 0 Å². The average molecular weight is 229 g/mol. The molecule has 0 aliphatic heterocycles. The monoisotopic (exact) mass is 229 g/mol. The van der Waals surface area contributed by atoms with Gasteiger partial charge in [0.15, 0.2) is 0 Å². The molecule has 0 aliphatic rings. The van der Waals surface area contributed by atoms with Gasteiger partial charge in [-0.05, 0) is 26.3 Å². The van der Waals surface area contributed by atoms with Gasteiger partial charge in [0.25, 0.3) is 0 Å². The minimum atomic E-state index is 0.260. The predicted octanol–water partition coefficient (Wildman–Crippen LogP) is 3.21. The molecule has 2 rings (SSSR count). The molecule has 0 radical (unpaired) electrons. The lowest BCUT2D eigenvalue weighted by Crippen LogP contribution is -2.10. The highest BCUT2D eigenvalue weighted by Gasteiger charge is 2.08. The zero-order chi connectivity index (χ0) is 12.4. The van der Waals surface area contributed by atoms with Crippen LogP contribution in [0.25, 0.3) is 0 Å². The van der Waals surface area contributed by atoms with Gasteiger partial charge in [0.2, 0.25) is 5.95 Å². The number of rotatable bonds is 3. The number of nitrogens with zero attached hydrogens (tertiary/aromatic N) is 2. The minimum absolute atomic E-state index is 0.260. The van der Waals surface area contributed by atoms with Crippen LogP contribution in [0.5, 0.6) is 0 Å². The van der Waals surface area contributed by atoms with Gasteiger partial charge in [-0.2, -0.15) is 0 Å². The average Bonchev–Trinajstić information content (AvgIpc) is 2.58. The Morgan fingerprint density at radius 1 is 1.18 bits per heavy atom. The molecule has 2 aromatic rings. The minimum Gasteiger partial charge on any atom is -0.349 e. The maximum Gasteiger partial charge on any atom is 0.203 e. The molecule has 1 aromatic heterocycles. The lowest BCUT2D eigenvalue weighted by atomic mass is 10.1. The fourth-order valence-electron chi connectivity index (χ4n) is 1.88. The molecule has 1 N–H and O–H groups in total. The van der Waals surface area contributed by atoms with Crippen molar-refractivity contribution in [1.82, 2.24) is 9.55 Å². The van der Waals surface area contributed by atoms with E-state index in [1.165, 1.54) is 11.1 Å². The van der Waals surface area contributed by atoms with Crippen molar-refractivity contribution in [1.29, 1.82) is 0 Å². The third-order valence-electron chi connectivity index (χ3n) is 2.92. The lowest BCUT2D eigenvalue weighted by molar-refractivity contribution is 0.822. The largest absolute Gasteiger partial charge is 0.349 e. The van der Waals surface area contributed by atoms with E-state index in [1.807, 2.05) is 24.7 Å². The molecule has 3 nitrogen and oxygen atoms in total. The Bertz CT molecular complexity index is 497. The maximum absolute atomic E-state index is 4.45. The molecular formula is C14H19N3. The van der Waals surface area contributed by atoms with E-state index in [0.29, 0.717) is 0 Å². The van der Waals surface area contributed by atoms with Crippen molar-refractivity contribution in [2.45, 2.75) is 26.8 Å². The van der Waals surface area contributed by atoms with Crippen LogP contribution in [0.1, 0.15) is 29.8 Å². The molecule has 0 aliphatic carbocycles. The number of aryl methyl sites for hydroxylation is 3. The van der Waals surface area contributed by atoms with Gasteiger partial charge in [-0.3, -0.25) is 0 Å². The zero-order valence-corrected chi connectivity index (χ0v) is 10.9. The van der Waals surface area contributed by atoms with Gasteiger partial charge < -0.3 is 9.88 Å². The summed E-state index contributed by atoms with van der Waals surface area (Å²) in [6.45, 7) is 6.25. The van der Waals surface area contributed by atoms with Crippen LogP contribution in [-0.2, 0) is 7.05 Å². The molecule has 0 saturated heterocycles. The van der Waals surface area contributed by atoms with Gasteiger partial charge >= 0.3 is 0 Å². The molecule has 1 heterocycles. The van der Waals surface area contributed by atoms with Crippen LogP contribution >= 0.6 is 0 Å². The summed E-state index contributed by atoms with van der Waals surface area (Å²) in [4.78, 5) is 4.45. The number of hydrogen-bond donors (Lipinski definition) is 1. The number of nitrogens with one attached hydrogen (secondary N) is 1. The first-order valence-corrected chi connectivity index (χ1v) is 5.89. The number of hydrogen-bond acceptors (Lipinski definition) is 2. The third-order valence-corrected chi connectivity index (χ3v) is 2.92. The zero-order valence-electron chi connectivity index (χ0n) is 10.9. The smallest absolute Gasteiger partial charge is 0.203 e. The van der Waals surface area contributed by atoms with Crippen molar-refractivity contribution in [2.75, 3.05) is 5.32 Å². The van der Waals surface area contributed by atoms with Gasteiger partial charge in [0.1, 0.15) is 0 Å². The van der Waals surface area contributed by atoms with Crippen LogP contribution in [0.15, 0.2) is 30.5 Å². The summed E-state index contributed by atoms with van der Waals surface area (Å²) >= 11 is 0. The number of benzene rings is 1. The Kier molecular flexibility index (Phi) is 3.18. The van der Waals surface area contributed by atoms with E-state index >= 15 is 0 Å². The van der Waals surface area contributed by atoms with Crippen molar-refractivity contribution in [3.05, 3.63) is 47.3 Å². The Morgan fingerprint density at radius 2 is 1.82 bits per heavy atom. The summed E-state index contributed by atoms with van der Waals surface area (Å²) in [5.74, 6) is 0.913. The van der Waals surface area contributed by atoms with Gasteiger partial charge in [0.05, 0.1) is 11.7 Å². The van der Waals surface area contributed by atoms with Gasteiger partial charge in [-0.25, -0.2) is 4.98 Å². The Morgan fingerprint density at radius 3 is 2.35 bits per heavy atom. The van der Waals surface area contributed by atoms with Crippen LogP contribution < -0.4 is 5.32 Å². The topological polar surface area (TPSA) is 29.9 Å². The highest BCUT2D eigenvalue weighted by molar-refractivity contribution is 5.34. The molecule has 17 heavy (non-hydrogen) atoms. The van der Waals surface area contributed by atoms with Crippen molar-refractivity contribution >= 4 is 5.95 Å². The first kappa shape index (κ1) is 11.7. The molecule has 0 fully saturated rings. The quantitative estimate of drug-likeness (QED) is 0.875. The predicted molar refractivity (Wildman–Crippen MR) is 71.2 cm³/mol. The molecule has 1 unspecified atom stereocenters. The SMILES string of the molecule is Cc1ccc(C(C)Nc2nc(C)cn2C)cc1. The second-order valence-electron chi connectivity index (χ2n) is 4.59. The fourth-order valence-corrected chi connectivity index (χ4v) is 1.88. The summed E-state index contributed by atoms with van der Waals surface area (Å²) in [6.07, 6.45) is 2.02. The number of aromatic nitrogens is 2. The molecule has 1 aromatic carbocycles. The van der Waals surface area contributed by atoms with E-state index in [2.05, 4.69) is 48.4 Å². The molecular weight excluding hydrogens is 210 g/mol. The Balaban J connectivity index is 2.13. The maximum atomic E-state index is 4.45. The van der Waals surface area contributed by atoms with Crippen LogP contribution in [0.4, 0.5) is 5.95 Å². The van der Waals surface area contributed by atoms with E-state index in [0.717, 1.165) is 11.6 Å². The van der Waals surface area contributed by atoms with Gasteiger partial charge in [-0.15, -0.1) is 0 Å². The summed E-state index contributed by atoms with van der Waals surface area (Å²) in [5.41, 5.74) is 3.59. The third kappa shape index (κ3) is 2.67. The van der Waals surface area contributed by atoms with E-state index < -0.39 is 0 Å². The molecule has 90 valence electrons. The summed E-state index contributed by atoms with van der Waals surface area (Å²) in [5, 5.41) is 3.42. The van der Waals surface area contributed by atoms with Crippen molar-refractivity contribution in [3.8, 4) is 0 Å². The normalized spacial score (nSPS) is 12.5. The van der Waals surface area contributed by atoms with Gasteiger partial charge in [0, 0.05) is 13.2 Å². The van der Waals surface area contributed by atoms with E-state index in [9.17, 15) is 0 Å². The van der Waals surface area contributed by atoms with Crippen LogP contribution in [0.2, 0.25) is 0 Å². The Labute approximate surface area is 103 Å². The second kappa shape index (κ2) is 4.62. The summed E-state index contributed by atoms with van der Waals surface area (Å²) in [7, 11) is 2.00. The van der Waals surface area contributed by atoms with Crippen LogP contribution in [0, 0.1) is 13.8 Å². The van der Waals surface area contributed by atoms with Crippen LogP contribution in [-0.4, -0.2) is 9.55 Å². The standard InChI is InChI=1S/C14H19N3/c1-10-5-7-13(8-6-10)12(3)16-14-15-11(2)9-17(14)4/h5-9,12H,1-4H3,(H,15,16).